The zero-order valence-electron chi connectivity index (χ0n) is 17.2. The van der Waals surface area contributed by atoms with E-state index in [-0.39, 0.29) is 5.91 Å². The maximum absolute atomic E-state index is 13.4. The highest BCUT2D eigenvalue weighted by molar-refractivity contribution is 6.10. The number of carbonyl (C=O) groups is 1. The molecule has 1 fully saturated rings. The normalized spacial score (nSPS) is 16.7. The van der Waals surface area contributed by atoms with Crippen molar-refractivity contribution in [3.63, 3.8) is 0 Å². The summed E-state index contributed by atoms with van der Waals surface area (Å²) in [7, 11) is 2.03. The summed E-state index contributed by atoms with van der Waals surface area (Å²) in [5, 5.41) is 0. The fourth-order valence-corrected chi connectivity index (χ4v) is 4.38. The number of carbonyl (C=O) groups excluding carboxylic acids is 1. The third kappa shape index (κ3) is 3.45. The van der Waals surface area contributed by atoms with Crippen molar-refractivity contribution in [1.29, 1.82) is 0 Å². The van der Waals surface area contributed by atoms with Gasteiger partial charge in [0, 0.05) is 64.0 Å². The summed E-state index contributed by atoms with van der Waals surface area (Å²) in [5.41, 5.74) is 2.95. The van der Waals surface area contributed by atoms with Crippen molar-refractivity contribution in [3.8, 4) is 0 Å². The molecule has 7 nitrogen and oxygen atoms in total. The molecule has 30 heavy (non-hydrogen) atoms. The zero-order valence-corrected chi connectivity index (χ0v) is 17.2. The predicted octanol–water partition coefficient (Wildman–Crippen LogP) is 2.34. The van der Waals surface area contributed by atoms with Crippen LogP contribution in [-0.4, -0.2) is 58.1 Å². The molecule has 5 rings (SSSR count). The average molecular weight is 403 g/mol. The number of hydrogen-bond acceptors (Lipinski definition) is 5. The van der Waals surface area contributed by atoms with Crippen LogP contribution in [0.3, 0.4) is 0 Å². The van der Waals surface area contributed by atoms with Gasteiger partial charge in [0.1, 0.15) is 11.6 Å². The van der Waals surface area contributed by atoms with Crippen LogP contribution in [0.15, 0.2) is 55.0 Å². The minimum absolute atomic E-state index is 0.0403. The number of piperazine rings is 1. The third-order valence-electron chi connectivity index (χ3n) is 6.11. The fourth-order valence-electron chi connectivity index (χ4n) is 4.38. The van der Waals surface area contributed by atoms with Gasteiger partial charge in [0.15, 0.2) is 0 Å². The molecule has 0 spiro atoms. The minimum Gasteiger partial charge on any atom is -0.353 e. The Hall–Kier alpha value is -3.19. The predicted molar refractivity (Wildman–Crippen MR) is 117 cm³/mol. The first kappa shape index (κ1) is 18.8. The molecule has 0 saturated carbocycles. The van der Waals surface area contributed by atoms with Crippen LogP contribution >= 0.6 is 0 Å². The van der Waals surface area contributed by atoms with Gasteiger partial charge in [-0.3, -0.25) is 9.69 Å². The second kappa shape index (κ2) is 7.91. The molecule has 0 N–H and O–H groups in total. The van der Waals surface area contributed by atoms with Gasteiger partial charge in [-0.2, -0.15) is 0 Å². The number of pyridine rings is 1. The van der Waals surface area contributed by atoms with Gasteiger partial charge >= 0.3 is 0 Å². The number of anilines is 2. The molecule has 1 amide bonds. The summed E-state index contributed by atoms with van der Waals surface area (Å²) in [4.78, 5) is 29.0. The van der Waals surface area contributed by atoms with Crippen LogP contribution in [0.25, 0.3) is 0 Å². The van der Waals surface area contributed by atoms with E-state index in [1.54, 1.807) is 6.20 Å². The number of aryl methyl sites for hydroxylation is 1. The van der Waals surface area contributed by atoms with Crippen molar-refractivity contribution in [3.05, 3.63) is 71.9 Å². The number of imidazole rings is 1. The molecule has 7 heteroatoms. The Bertz CT molecular complexity index is 1050. The SMILES string of the molecule is Cn1ccnc1CN1CCN(c2ncccc2C(=O)N2CCc3ccccc32)CC1. The second-order valence-electron chi connectivity index (χ2n) is 7.93. The topological polar surface area (TPSA) is 57.5 Å². The maximum atomic E-state index is 13.4. The van der Waals surface area contributed by atoms with Crippen LogP contribution < -0.4 is 9.80 Å². The molecule has 0 unspecified atom stereocenters. The number of benzene rings is 1. The van der Waals surface area contributed by atoms with Gasteiger partial charge in [-0.15, -0.1) is 0 Å². The van der Waals surface area contributed by atoms with E-state index in [0.717, 1.165) is 63.0 Å². The maximum Gasteiger partial charge on any atom is 0.262 e. The average Bonchev–Trinajstić information content (AvgIpc) is 3.40. The third-order valence-corrected chi connectivity index (χ3v) is 6.11. The largest absolute Gasteiger partial charge is 0.353 e. The first-order valence-electron chi connectivity index (χ1n) is 10.5. The van der Waals surface area contributed by atoms with Gasteiger partial charge in [-0.05, 0) is 30.2 Å². The van der Waals surface area contributed by atoms with Crippen molar-refractivity contribution >= 4 is 17.4 Å². The lowest BCUT2D eigenvalue weighted by atomic mass is 10.1. The Balaban J connectivity index is 1.31. The molecule has 2 aliphatic rings. The highest BCUT2D eigenvalue weighted by Crippen LogP contribution is 2.30. The molecule has 2 aromatic heterocycles. The quantitative estimate of drug-likeness (QED) is 0.671. The molecule has 154 valence electrons. The first-order valence-corrected chi connectivity index (χ1v) is 10.5. The monoisotopic (exact) mass is 402 g/mol. The fraction of sp³-hybridized carbons (Fsp3) is 0.348. The minimum atomic E-state index is 0.0403. The Morgan fingerprint density at radius 1 is 0.967 bits per heavy atom. The van der Waals surface area contributed by atoms with Crippen molar-refractivity contribution in [2.75, 3.05) is 42.5 Å². The second-order valence-corrected chi connectivity index (χ2v) is 7.93. The molecule has 0 aliphatic carbocycles. The van der Waals surface area contributed by atoms with Crippen molar-refractivity contribution in [1.82, 2.24) is 19.4 Å². The van der Waals surface area contributed by atoms with E-state index in [0.29, 0.717) is 5.56 Å². The molecule has 0 bridgehead atoms. The Morgan fingerprint density at radius 2 is 1.80 bits per heavy atom. The molecular weight excluding hydrogens is 376 g/mol. The molecule has 3 aromatic rings. The zero-order chi connectivity index (χ0) is 20.5. The summed E-state index contributed by atoms with van der Waals surface area (Å²) in [5.74, 6) is 1.91. The lowest BCUT2D eigenvalue weighted by Crippen LogP contribution is -2.47. The van der Waals surface area contributed by atoms with Crippen LogP contribution in [0.5, 0.6) is 0 Å². The first-order chi connectivity index (χ1) is 14.7. The lowest BCUT2D eigenvalue weighted by Gasteiger charge is -2.36. The summed E-state index contributed by atoms with van der Waals surface area (Å²) >= 11 is 0. The molecule has 4 heterocycles. The number of fused-ring (bicyclic) bond motifs is 1. The van der Waals surface area contributed by atoms with E-state index in [9.17, 15) is 4.79 Å². The van der Waals surface area contributed by atoms with E-state index < -0.39 is 0 Å². The van der Waals surface area contributed by atoms with Gasteiger partial charge in [0.25, 0.3) is 5.91 Å². The summed E-state index contributed by atoms with van der Waals surface area (Å²) in [6.07, 6.45) is 6.51. The van der Waals surface area contributed by atoms with Gasteiger partial charge in [-0.25, -0.2) is 9.97 Å². The molecule has 2 aliphatic heterocycles. The van der Waals surface area contributed by atoms with E-state index in [4.69, 9.17) is 0 Å². The van der Waals surface area contributed by atoms with Crippen LogP contribution in [0, 0.1) is 0 Å². The number of aromatic nitrogens is 3. The van der Waals surface area contributed by atoms with E-state index in [2.05, 4.69) is 30.4 Å². The van der Waals surface area contributed by atoms with Crippen molar-refractivity contribution in [2.45, 2.75) is 13.0 Å². The van der Waals surface area contributed by atoms with Gasteiger partial charge < -0.3 is 14.4 Å². The molecule has 0 radical (unpaired) electrons. The summed E-state index contributed by atoms with van der Waals surface area (Å²) < 4.78 is 2.07. The standard InChI is InChI=1S/C23H26N6O/c1-26-12-10-24-21(26)17-27-13-15-28(16-14-27)22-19(6-4-9-25-22)23(30)29-11-8-18-5-2-3-7-20(18)29/h2-7,9-10,12H,8,11,13-17H2,1H3. The highest BCUT2D eigenvalue weighted by Gasteiger charge is 2.29. The van der Waals surface area contributed by atoms with Crippen LogP contribution in [0.4, 0.5) is 11.5 Å². The van der Waals surface area contributed by atoms with Crippen molar-refractivity contribution < 1.29 is 4.79 Å². The number of amides is 1. The van der Waals surface area contributed by atoms with Crippen LogP contribution in [-0.2, 0) is 20.0 Å². The molecular formula is C23H26N6O. The Morgan fingerprint density at radius 3 is 2.60 bits per heavy atom. The Kier molecular flexibility index (Phi) is 4.96. The van der Waals surface area contributed by atoms with E-state index in [1.807, 2.05) is 54.7 Å². The van der Waals surface area contributed by atoms with Gasteiger partial charge in [-0.1, -0.05) is 18.2 Å². The summed E-state index contributed by atoms with van der Waals surface area (Å²) in [6, 6.07) is 11.9. The smallest absolute Gasteiger partial charge is 0.262 e. The number of para-hydroxylation sites is 1. The van der Waals surface area contributed by atoms with Gasteiger partial charge in [0.05, 0.1) is 12.1 Å². The Labute approximate surface area is 176 Å². The molecule has 1 aromatic carbocycles. The van der Waals surface area contributed by atoms with Gasteiger partial charge in [0.2, 0.25) is 0 Å². The van der Waals surface area contributed by atoms with Crippen molar-refractivity contribution in [2.24, 2.45) is 7.05 Å². The van der Waals surface area contributed by atoms with Crippen LogP contribution in [0.1, 0.15) is 21.7 Å². The molecule has 1 saturated heterocycles. The van der Waals surface area contributed by atoms with E-state index in [1.165, 1.54) is 5.56 Å². The highest BCUT2D eigenvalue weighted by atomic mass is 16.2. The van der Waals surface area contributed by atoms with Crippen LogP contribution in [0.2, 0.25) is 0 Å². The van der Waals surface area contributed by atoms with E-state index >= 15 is 0 Å². The number of rotatable bonds is 4. The summed E-state index contributed by atoms with van der Waals surface area (Å²) in [6.45, 7) is 5.10. The molecule has 0 atom stereocenters. The lowest BCUT2D eigenvalue weighted by molar-refractivity contribution is 0.0989. The number of hydrogen-bond donors (Lipinski definition) is 0. The number of nitrogens with zero attached hydrogens (tertiary/aromatic N) is 6.